The Kier molecular flexibility index (Phi) is 6.39. The average Bonchev–Trinajstić information content (AvgIpc) is 2.72. The number of benzene rings is 2. The molecule has 4 nitrogen and oxygen atoms in total. The summed E-state index contributed by atoms with van der Waals surface area (Å²) in [4.78, 5) is 4.96. The Balaban J connectivity index is 1.43. The van der Waals surface area contributed by atoms with Crippen molar-refractivity contribution in [2.45, 2.75) is 12.8 Å². The van der Waals surface area contributed by atoms with Crippen molar-refractivity contribution >= 4 is 0 Å². The molecule has 1 saturated heterocycles. The molecule has 0 unspecified atom stereocenters. The summed E-state index contributed by atoms with van der Waals surface area (Å²) >= 11 is 0. The van der Waals surface area contributed by atoms with Gasteiger partial charge in [-0.2, -0.15) is 10.5 Å². The summed E-state index contributed by atoms with van der Waals surface area (Å²) in [5.41, 5.74) is 3.88. The first-order valence-electron chi connectivity index (χ1n) is 9.21. The average molecular weight is 344 g/mol. The molecule has 0 aliphatic carbocycles. The van der Waals surface area contributed by atoms with Crippen molar-refractivity contribution in [3.05, 3.63) is 70.8 Å². The Hall–Kier alpha value is -2.66. The second kappa shape index (κ2) is 9.15. The van der Waals surface area contributed by atoms with E-state index in [0.29, 0.717) is 0 Å². The molecule has 0 saturated carbocycles. The first kappa shape index (κ1) is 18.1. The van der Waals surface area contributed by atoms with Crippen molar-refractivity contribution in [2.75, 3.05) is 39.3 Å². The van der Waals surface area contributed by atoms with Gasteiger partial charge in [0.25, 0.3) is 0 Å². The van der Waals surface area contributed by atoms with Gasteiger partial charge in [-0.15, -0.1) is 0 Å². The predicted octanol–water partition coefficient (Wildman–Crippen LogP) is 2.83. The Morgan fingerprint density at radius 2 is 1.04 bits per heavy atom. The number of piperazine rings is 1. The first-order chi connectivity index (χ1) is 12.8. The smallest absolute Gasteiger partial charge is 0.0994 e. The summed E-state index contributed by atoms with van der Waals surface area (Å²) in [7, 11) is 0. The van der Waals surface area contributed by atoms with E-state index in [2.05, 4.69) is 34.1 Å². The Morgan fingerprint density at radius 3 is 1.42 bits per heavy atom. The molecule has 1 fully saturated rings. The molecular weight excluding hydrogens is 320 g/mol. The summed E-state index contributed by atoms with van der Waals surface area (Å²) in [5, 5.41) is 18.4. The van der Waals surface area contributed by atoms with Crippen LogP contribution in [0.1, 0.15) is 22.3 Å². The van der Waals surface area contributed by atoms with Crippen LogP contribution in [0, 0.1) is 22.7 Å². The van der Waals surface area contributed by atoms with Crippen molar-refractivity contribution in [2.24, 2.45) is 0 Å². The fourth-order valence-corrected chi connectivity index (χ4v) is 3.49. The van der Waals surface area contributed by atoms with Crippen LogP contribution in [-0.2, 0) is 12.8 Å². The fourth-order valence-electron chi connectivity index (χ4n) is 3.49. The summed E-state index contributed by atoms with van der Waals surface area (Å²) in [6.45, 7) is 6.26. The first-order valence-corrected chi connectivity index (χ1v) is 9.21. The van der Waals surface area contributed by atoms with Crippen LogP contribution in [0.25, 0.3) is 0 Å². The number of nitriles is 2. The van der Waals surface area contributed by atoms with Crippen molar-refractivity contribution in [3.63, 3.8) is 0 Å². The van der Waals surface area contributed by atoms with Crippen LogP contribution in [0.15, 0.2) is 48.5 Å². The van der Waals surface area contributed by atoms with E-state index < -0.39 is 0 Å². The van der Waals surface area contributed by atoms with E-state index in [1.165, 1.54) is 0 Å². The SMILES string of the molecule is N#Cc1ccccc1CCN1CCN(CCc2ccccc2C#N)CC1. The van der Waals surface area contributed by atoms with Gasteiger partial charge in [0.2, 0.25) is 0 Å². The molecule has 0 N–H and O–H groups in total. The highest BCUT2D eigenvalue weighted by Crippen LogP contribution is 2.12. The Labute approximate surface area is 155 Å². The van der Waals surface area contributed by atoms with E-state index in [1.807, 2.05) is 36.4 Å². The highest BCUT2D eigenvalue weighted by Gasteiger charge is 2.17. The van der Waals surface area contributed by atoms with Crippen molar-refractivity contribution in [1.29, 1.82) is 10.5 Å². The van der Waals surface area contributed by atoms with Gasteiger partial charge in [-0.25, -0.2) is 0 Å². The topological polar surface area (TPSA) is 54.1 Å². The van der Waals surface area contributed by atoms with Crippen LogP contribution >= 0.6 is 0 Å². The minimum atomic E-state index is 0.794. The van der Waals surface area contributed by atoms with E-state index in [1.54, 1.807) is 0 Å². The zero-order valence-corrected chi connectivity index (χ0v) is 15.1. The lowest BCUT2D eigenvalue weighted by Gasteiger charge is -2.34. The van der Waals surface area contributed by atoms with Crippen LogP contribution in [-0.4, -0.2) is 49.1 Å². The molecule has 1 heterocycles. The Morgan fingerprint density at radius 1 is 0.654 bits per heavy atom. The maximum absolute atomic E-state index is 9.19. The molecule has 0 atom stereocenters. The lowest BCUT2D eigenvalue weighted by atomic mass is 10.0. The minimum Gasteiger partial charge on any atom is -0.300 e. The number of nitrogens with zero attached hydrogens (tertiary/aromatic N) is 4. The summed E-state index contributed by atoms with van der Waals surface area (Å²) in [6, 6.07) is 20.3. The second-order valence-electron chi connectivity index (χ2n) is 6.72. The molecule has 1 aliphatic heterocycles. The molecule has 3 rings (SSSR count). The molecule has 2 aromatic rings. The van der Waals surface area contributed by atoms with Crippen molar-refractivity contribution < 1.29 is 0 Å². The van der Waals surface area contributed by atoms with Gasteiger partial charge < -0.3 is 9.80 Å². The van der Waals surface area contributed by atoms with Gasteiger partial charge >= 0.3 is 0 Å². The summed E-state index contributed by atoms with van der Waals surface area (Å²) in [6.07, 6.45) is 1.86. The Bertz CT molecular complexity index is 738. The molecule has 132 valence electrons. The second-order valence-corrected chi connectivity index (χ2v) is 6.72. The summed E-state index contributed by atoms with van der Waals surface area (Å²) in [5.74, 6) is 0. The van der Waals surface area contributed by atoms with Crippen LogP contribution in [0.5, 0.6) is 0 Å². The van der Waals surface area contributed by atoms with Gasteiger partial charge in [0.05, 0.1) is 23.3 Å². The molecule has 0 aromatic heterocycles. The largest absolute Gasteiger partial charge is 0.300 e. The molecule has 26 heavy (non-hydrogen) atoms. The third-order valence-electron chi connectivity index (χ3n) is 5.14. The molecule has 0 radical (unpaired) electrons. The minimum absolute atomic E-state index is 0.794. The number of hydrogen-bond donors (Lipinski definition) is 0. The van der Waals surface area contributed by atoms with Gasteiger partial charge in [-0.1, -0.05) is 36.4 Å². The molecule has 4 heteroatoms. The van der Waals surface area contributed by atoms with Gasteiger partial charge in [0.1, 0.15) is 0 Å². The van der Waals surface area contributed by atoms with Crippen molar-refractivity contribution in [3.8, 4) is 12.1 Å². The van der Waals surface area contributed by atoms with Crippen LogP contribution < -0.4 is 0 Å². The lowest BCUT2D eigenvalue weighted by Crippen LogP contribution is -2.47. The van der Waals surface area contributed by atoms with Crippen LogP contribution in [0.4, 0.5) is 0 Å². The quantitative estimate of drug-likeness (QED) is 0.809. The molecule has 0 bridgehead atoms. The molecule has 0 spiro atoms. The normalized spacial score (nSPS) is 15.3. The third kappa shape index (κ3) is 4.70. The summed E-state index contributed by atoms with van der Waals surface area (Å²) < 4.78 is 0. The number of hydrogen-bond acceptors (Lipinski definition) is 4. The monoisotopic (exact) mass is 344 g/mol. The van der Waals surface area contributed by atoms with Crippen molar-refractivity contribution in [1.82, 2.24) is 9.80 Å². The molecule has 0 amide bonds. The van der Waals surface area contributed by atoms with Gasteiger partial charge in [0.15, 0.2) is 0 Å². The van der Waals surface area contributed by atoms with E-state index in [9.17, 15) is 10.5 Å². The fraction of sp³-hybridized carbons (Fsp3) is 0.364. The molecular formula is C22H24N4. The van der Waals surface area contributed by atoms with E-state index in [-0.39, 0.29) is 0 Å². The predicted molar refractivity (Wildman–Crippen MR) is 103 cm³/mol. The lowest BCUT2D eigenvalue weighted by molar-refractivity contribution is 0.134. The molecule has 2 aromatic carbocycles. The maximum atomic E-state index is 9.19. The third-order valence-corrected chi connectivity index (χ3v) is 5.14. The van der Waals surface area contributed by atoms with Gasteiger partial charge in [-0.05, 0) is 36.1 Å². The zero-order valence-electron chi connectivity index (χ0n) is 15.1. The zero-order chi connectivity index (χ0) is 18.2. The van der Waals surface area contributed by atoms with E-state index >= 15 is 0 Å². The highest BCUT2D eigenvalue weighted by molar-refractivity contribution is 5.38. The number of rotatable bonds is 6. The van der Waals surface area contributed by atoms with Gasteiger partial charge in [-0.3, -0.25) is 0 Å². The molecule has 1 aliphatic rings. The maximum Gasteiger partial charge on any atom is 0.0994 e. The van der Waals surface area contributed by atoms with E-state index in [0.717, 1.165) is 74.4 Å². The highest BCUT2D eigenvalue weighted by atomic mass is 15.3. The van der Waals surface area contributed by atoms with Crippen LogP contribution in [0.3, 0.4) is 0 Å². The standard InChI is InChI=1S/C22H24N4/c23-17-21-7-3-1-5-19(21)9-11-25-13-15-26(16-14-25)12-10-20-6-2-4-8-22(20)18-24/h1-8H,9-16H2. The van der Waals surface area contributed by atoms with Crippen LogP contribution in [0.2, 0.25) is 0 Å². The van der Waals surface area contributed by atoms with E-state index in [4.69, 9.17) is 0 Å². The van der Waals surface area contributed by atoms with Gasteiger partial charge in [0, 0.05) is 39.3 Å².